The van der Waals surface area contributed by atoms with Gasteiger partial charge in [0.15, 0.2) is 0 Å². The molecular formula is C28H44O4. The molecule has 180 valence electrons. The molecule has 0 aromatic heterocycles. The highest BCUT2D eigenvalue weighted by Gasteiger charge is 2.44. The topological polar surface area (TPSA) is 63.6 Å². The van der Waals surface area contributed by atoms with Crippen molar-refractivity contribution in [2.24, 2.45) is 5.41 Å². The van der Waals surface area contributed by atoms with Crippen molar-refractivity contribution >= 4 is 12.4 Å². The van der Waals surface area contributed by atoms with Crippen molar-refractivity contribution < 1.29 is 19.4 Å². The molecule has 1 aromatic rings. The Bertz CT molecular complexity index is 746. The molecule has 2 rings (SSSR count). The molecule has 0 amide bonds. The van der Waals surface area contributed by atoms with E-state index in [2.05, 4.69) is 26.0 Å². The minimum absolute atomic E-state index is 0.100. The summed E-state index contributed by atoms with van der Waals surface area (Å²) in [5, 5.41) is 9.22. The Morgan fingerprint density at radius 3 is 2.25 bits per heavy atom. The van der Waals surface area contributed by atoms with Gasteiger partial charge in [-0.15, -0.1) is 0 Å². The summed E-state index contributed by atoms with van der Waals surface area (Å²) in [6, 6.07) is 4.76. The molecule has 1 N–H and O–H groups in total. The Balaban J connectivity index is 1.67. The normalized spacial score (nSPS) is 14.9. The molecular weight excluding hydrogens is 400 g/mol. The molecule has 1 fully saturated rings. The van der Waals surface area contributed by atoms with Crippen LogP contribution in [0, 0.1) is 19.3 Å². The Kier molecular flexibility index (Phi) is 10.2. The van der Waals surface area contributed by atoms with E-state index in [4.69, 9.17) is 4.74 Å². The average Bonchev–Trinajstić information content (AvgIpc) is 3.50. The predicted molar refractivity (Wildman–Crippen MR) is 130 cm³/mol. The van der Waals surface area contributed by atoms with Gasteiger partial charge < -0.3 is 9.84 Å². The van der Waals surface area contributed by atoms with Crippen LogP contribution in [0.5, 0.6) is 0 Å². The number of aliphatic carboxylic acids is 1. The summed E-state index contributed by atoms with van der Waals surface area (Å²) in [5.41, 5.74) is 5.04. The van der Waals surface area contributed by atoms with E-state index in [0.29, 0.717) is 6.47 Å². The third-order valence-corrected chi connectivity index (χ3v) is 7.37. The molecule has 1 aliphatic carbocycles. The molecule has 4 nitrogen and oxygen atoms in total. The molecule has 0 bridgehead atoms. The van der Waals surface area contributed by atoms with Gasteiger partial charge in [-0.25, -0.2) is 0 Å². The molecule has 32 heavy (non-hydrogen) atoms. The van der Waals surface area contributed by atoms with Crippen molar-refractivity contribution in [1.29, 1.82) is 0 Å². The number of carboxylic acid groups (broad SMARTS) is 1. The van der Waals surface area contributed by atoms with E-state index in [1.165, 1.54) is 47.9 Å². The van der Waals surface area contributed by atoms with E-state index in [-0.39, 0.29) is 5.60 Å². The number of unbranched alkanes of at least 4 members (excludes halogenated alkanes) is 6. The lowest BCUT2D eigenvalue weighted by atomic mass is 9.87. The number of carbonyl (C=O) groups is 2. The second-order valence-electron chi connectivity index (χ2n) is 10.6. The highest BCUT2D eigenvalue weighted by molar-refractivity contribution is 5.73. The lowest BCUT2D eigenvalue weighted by Gasteiger charge is -2.18. The summed E-state index contributed by atoms with van der Waals surface area (Å²) in [7, 11) is 0. The molecule has 4 heteroatoms. The fourth-order valence-electron chi connectivity index (χ4n) is 4.56. The number of rotatable bonds is 17. The van der Waals surface area contributed by atoms with Gasteiger partial charge in [-0.05, 0) is 108 Å². The molecule has 0 unspecified atom stereocenters. The standard InChI is InChI=1S/C28H44O4/c1-22-19-24(13-9-5-8-12-16-28(17-18-28)32-21-29)20-25(23(22)2)14-10-6-7-11-15-27(3,4)26(30)31/h19-21H,5-18H2,1-4H3,(H,30,31). The van der Waals surface area contributed by atoms with E-state index in [0.717, 1.165) is 64.2 Å². The summed E-state index contributed by atoms with van der Waals surface area (Å²) < 4.78 is 5.23. The zero-order valence-electron chi connectivity index (χ0n) is 20.8. The van der Waals surface area contributed by atoms with Crippen LogP contribution in [0.2, 0.25) is 0 Å². The molecule has 0 heterocycles. The second-order valence-corrected chi connectivity index (χ2v) is 10.6. The van der Waals surface area contributed by atoms with Crippen LogP contribution in [0.4, 0.5) is 0 Å². The minimum atomic E-state index is -0.695. The van der Waals surface area contributed by atoms with Crippen LogP contribution in [-0.2, 0) is 27.2 Å². The zero-order valence-corrected chi connectivity index (χ0v) is 20.8. The fourth-order valence-corrected chi connectivity index (χ4v) is 4.56. The smallest absolute Gasteiger partial charge is 0.309 e. The van der Waals surface area contributed by atoms with Gasteiger partial charge in [0.2, 0.25) is 0 Å². The fraction of sp³-hybridized carbons (Fsp3) is 0.714. The Labute approximate surface area is 195 Å². The van der Waals surface area contributed by atoms with Crippen LogP contribution < -0.4 is 0 Å². The molecule has 0 atom stereocenters. The highest BCUT2D eigenvalue weighted by atomic mass is 16.5. The number of carboxylic acids is 1. The van der Waals surface area contributed by atoms with Crippen LogP contribution in [0.15, 0.2) is 12.1 Å². The third-order valence-electron chi connectivity index (χ3n) is 7.37. The number of benzene rings is 1. The first-order valence-electron chi connectivity index (χ1n) is 12.6. The van der Waals surface area contributed by atoms with Crippen molar-refractivity contribution in [3.05, 3.63) is 34.4 Å². The number of hydrogen-bond acceptors (Lipinski definition) is 3. The Morgan fingerprint density at radius 2 is 1.62 bits per heavy atom. The van der Waals surface area contributed by atoms with Gasteiger partial charge in [0, 0.05) is 0 Å². The number of ether oxygens (including phenoxy) is 1. The molecule has 0 aliphatic heterocycles. The number of hydrogen-bond donors (Lipinski definition) is 1. The van der Waals surface area contributed by atoms with Crippen molar-refractivity contribution in [2.45, 2.75) is 123 Å². The summed E-state index contributed by atoms with van der Waals surface area (Å²) >= 11 is 0. The third kappa shape index (κ3) is 8.60. The maximum Gasteiger partial charge on any atom is 0.309 e. The minimum Gasteiger partial charge on any atom is -0.481 e. The van der Waals surface area contributed by atoms with Gasteiger partial charge in [-0.1, -0.05) is 44.2 Å². The van der Waals surface area contributed by atoms with Gasteiger partial charge in [-0.3, -0.25) is 9.59 Å². The second kappa shape index (κ2) is 12.4. The Morgan fingerprint density at radius 1 is 1.00 bits per heavy atom. The van der Waals surface area contributed by atoms with Gasteiger partial charge in [0.05, 0.1) is 5.41 Å². The summed E-state index contributed by atoms with van der Waals surface area (Å²) in [4.78, 5) is 21.8. The molecule has 1 aliphatic rings. The zero-order chi connectivity index (χ0) is 23.6. The first-order valence-corrected chi connectivity index (χ1v) is 12.6. The summed E-state index contributed by atoms with van der Waals surface area (Å²) in [5.74, 6) is -0.695. The van der Waals surface area contributed by atoms with Crippen molar-refractivity contribution in [2.75, 3.05) is 0 Å². The Hall–Kier alpha value is -1.84. The largest absolute Gasteiger partial charge is 0.481 e. The lowest BCUT2D eigenvalue weighted by Crippen LogP contribution is -2.23. The number of carbonyl (C=O) groups excluding carboxylic acids is 1. The monoisotopic (exact) mass is 444 g/mol. The van der Waals surface area contributed by atoms with E-state index in [1.807, 2.05) is 13.8 Å². The predicted octanol–water partition coefficient (Wildman–Crippen LogP) is 7.11. The molecule has 0 saturated heterocycles. The van der Waals surface area contributed by atoms with Gasteiger partial charge >= 0.3 is 5.97 Å². The van der Waals surface area contributed by atoms with E-state index < -0.39 is 11.4 Å². The highest BCUT2D eigenvalue weighted by Crippen LogP contribution is 2.43. The maximum absolute atomic E-state index is 11.2. The van der Waals surface area contributed by atoms with Crippen molar-refractivity contribution in [3.63, 3.8) is 0 Å². The summed E-state index contributed by atoms with van der Waals surface area (Å²) in [6.07, 6.45) is 15.3. The van der Waals surface area contributed by atoms with Crippen LogP contribution in [-0.4, -0.2) is 23.1 Å². The van der Waals surface area contributed by atoms with Gasteiger partial charge in [0.25, 0.3) is 6.47 Å². The average molecular weight is 445 g/mol. The van der Waals surface area contributed by atoms with Crippen LogP contribution in [0.1, 0.15) is 113 Å². The summed E-state index contributed by atoms with van der Waals surface area (Å²) in [6.45, 7) is 8.71. The van der Waals surface area contributed by atoms with Gasteiger partial charge in [-0.2, -0.15) is 0 Å². The van der Waals surface area contributed by atoms with Crippen LogP contribution in [0.3, 0.4) is 0 Å². The molecule has 0 radical (unpaired) electrons. The quantitative estimate of drug-likeness (QED) is 0.205. The first kappa shape index (κ1) is 26.4. The van der Waals surface area contributed by atoms with E-state index in [1.54, 1.807) is 0 Å². The van der Waals surface area contributed by atoms with Crippen LogP contribution in [0.25, 0.3) is 0 Å². The van der Waals surface area contributed by atoms with Crippen LogP contribution >= 0.6 is 0 Å². The van der Waals surface area contributed by atoms with Gasteiger partial charge in [0.1, 0.15) is 5.60 Å². The van der Waals surface area contributed by atoms with Crippen molar-refractivity contribution in [3.8, 4) is 0 Å². The maximum atomic E-state index is 11.2. The lowest BCUT2D eigenvalue weighted by molar-refractivity contribution is -0.147. The SMILES string of the molecule is Cc1cc(CCCCCCC2(OC=O)CC2)cc(CCCCCCC(C)(C)C(=O)O)c1C. The van der Waals surface area contributed by atoms with Crippen molar-refractivity contribution in [1.82, 2.24) is 0 Å². The first-order chi connectivity index (χ1) is 15.2. The van der Waals surface area contributed by atoms with E-state index in [9.17, 15) is 14.7 Å². The molecule has 0 spiro atoms. The molecule has 1 aromatic carbocycles. The molecule has 1 saturated carbocycles. The number of aryl methyl sites for hydroxylation is 3. The van der Waals surface area contributed by atoms with E-state index >= 15 is 0 Å².